The van der Waals surface area contributed by atoms with E-state index in [1.165, 1.54) is 6.92 Å². The van der Waals surface area contributed by atoms with Crippen LogP contribution >= 0.6 is 0 Å². The van der Waals surface area contributed by atoms with E-state index in [0.717, 1.165) is 28.2 Å². The summed E-state index contributed by atoms with van der Waals surface area (Å²) in [7, 11) is 4.71. The van der Waals surface area contributed by atoms with E-state index in [9.17, 15) is 4.79 Å². The number of benzene rings is 2. The maximum atomic E-state index is 11.3. The Labute approximate surface area is 169 Å². The van der Waals surface area contributed by atoms with Gasteiger partial charge in [0.2, 0.25) is 11.7 Å². The topological polar surface area (TPSA) is 81.7 Å². The molecule has 0 saturated carbocycles. The molecule has 7 nitrogen and oxygen atoms in total. The van der Waals surface area contributed by atoms with E-state index in [4.69, 9.17) is 14.2 Å². The smallest absolute Gasteiger partial charge is 0.221 e. The highest BCUT2D eigenvalue weighted by Crippen LogP contribution is 2.40. The summed E-state index contributed by atoms with van der Waals surface area (Å²) in [5.41, 5.74) is 4.15. The molecule has 0 aliphatic carbocycles. The first-order valence-corrected chi connectivity index (χ1v) is 8.94. The van der Waals surface area contributed by atoms with Gasteiger partial charge in [-0.2, -0.15) is 0 Å². The van der Waals surface area contributed by atoms with E-state index in [1.807, 2.05) is 42.5 Å². The Kier molecular flexibility index (Phi) is 6.19. The van der Waals surface area contributed by atoms with Crippen molar-refractivity contribution in [2.24, 2.45) is 0 Å². The van der Waals surface area contributed by atoms with Crippen molar-refractivity contribution in [3.63, 3.8) is 0 Å². The summed E-state index contributed by atoms with van der Waals surface area (Å²) in [4.78, 5) is 15.6. The van der Waals surface area contributed by atoms with Crippen molar-refractivity contribution in [3.05, 3.63) is 54.9 Å². The van der Waals surface area contributed by atoms with Crippen LogP contribution in [0.25, 0.3) is 11.1 Å². The minimum absolute atomic E-state index is 0.113. The van der Waals surface area contributed by atoms with Crippen LogP contribution in [0.15, 0.2) is 54.9 Å². The summed E-state index contributed by atoms with van der Waals surface area (Å²) >= 11 is 0. The summed E-state index contributed by atoms with van der Waals surface area (Å²) in [6.07, 6.45) is 3.50. The summed E-state index contributed by atoms with van der Waals surface area (Å²) in [5.74, 6) is 1.53. The molecule has 0 fully saturated rings. The van der Waals surface area contributed by atoms with E-state index in [0.29, 0.717) is 17.2 Å². The van der Waals surface area contributed by atoms with Crippen LogP contribution in [0, 0.1) is 0 Å². The molecule has 0 aliphatic rings. The first-order chi connectivity index (χ1) is 14.0. The molecule has 0 spiro atoms. The lowest BCUT2D eigenvalue weighted by atomic mass is 10.1. The van der Waals surface area contributed by atoms with Gasteiger partial charge in [-0.1, -0.05) is 12.1 Å². The number of pyridine rings is 1. The van der Waals surface area contributed by atoms with Gasteiger partial charge in [-0.3, -0.25) is 9.78 Å². The zero-order chi connectivity index (χ0) is 20.8. The predicted molar refractivity (Wildman–Crippen MR) is 113 cm³/mol. The molecule has 1 amide bonds. The standard InChI is InChI=1S/C22H23N3O4/c1-14(26)24-17-7-5-6-15(8-17)16-9-19(13-23-12-16)25-18-10-20(27-2)22(29-4)21(11-18)28-3/h5-13,25H,1-4H3,(H,24,26). The van der Waals surface area contributed by atoms with Gasteiger partial charge >= 0.3 is 0 Å². The number of ether oxygens (including phenoxy) is 3. The maximum Gasteiger partial charge on any atom is 0.221 e. The van der Waals surface area contributed by atoms with Gasteiger partial charge in [0.1, 0.15) is 0 Å². The van der Waals surface area contributed by atoms with Crippen molar-refractivity contribution in [2.75, 3.05) is 32.0 Å². The van der Waals surface area contributed by atoms with Gasteiger partial charge in [-0.25, -0.2) is 0 Å². The lowest BCUT2D eigenvalue weighted by Gasteiger charge is -2.15. The van der Waals surface area contributed by atoms with Crippen molar-refractivity contribution < 1.29 is 19.0 Å². The Bertz CT molecular complexity index is 995. The molecule has 0 saturated heterocycles. The fraction of sp³-hybridized carbons (Fsp3) is 0.182. The van der Waals surface area contributed by atoms with Gasteiger partial charge in [0.05, 0.1) is 33.2 Å². The quantitative estimate of drug-likeness (QED) is 0.616. The molecule has 1 heterocycles. The number of rotatable bonds is 7. The highest BCUT2D eigenvalue weighted by molar-refractivity contribution is 5.89. The third-order valence-electron chi connectivity index (χ3n) is 4.21. The Morgan fingerprint density at radius 2 is 1.52 bits per heavy atom. The number of aromatic nitrogens is 1. The molecule has 0 atom stereocenters. The summed E-state index contributed by atoms with van der Waals surface area (Å²) < 4.78 is 16.2. The van der Waals surface area contributed by atoms with Crippen LogP contribution in [-0.4, -0.2) is 32.2 Å². The molecule has 3 rings (SSSR count). The van der Waals surface area contributed by atoms with Gasteiger partial charge in [0.25, 0.3) is 0 Å². The molecule has 2 N–H and O–H groups in total. The second-order valence-electron chi connectivity index (χ2n) is 6.26. The zero-order valence-corrected chi connectivity index (χ0v) is 16.8. The molecule has 3 aromatic rings. The third kappa shape index (κ3) is 4.76. The minimum Gasteiger partial charge on any atom is -0.493 e. The van der Waals surface area contributed by atoms with Gasteiger partial charge in [-0.05, 0) is 23.8 Å². The number of amides is 1. The maximum absolute atomic E-state index is 11.3. The second-order valence-corrected chi connectivity index (χ2v) is 6.26. The highest BCUT2D eigenvalue weighted by Gasteiger charge is 2.13. The largest absolute Gasteiger partial charge is 0.493 e. The molecule has 0 bridgehead atoms. The molecule has 150 valence electrons. The number of carbonyl (C=O) groups is 1. The first kappa shape index (κ1) is 20.0. The van der Waals surface area contributed by atoms with E-state index in [2.05, 4.69) is 15.6 Å². The monoisotopic (exact) mass is 393 g/mol. The third-order valence-corrected chi connectivity index (χ3v) is 4.21. The van der Waals surface area contributed by atoms with Gasteiger partial charge in [0.15, 0.2) is 11.5 Å². The van der Waals surface area contributed by atoms with Gasteiger partial charge in [-0.15, -0.1) is 0 Å². The molecule has 0 radical (unpaired) electrons. The average molecular weight is 393 g/mol. The fourth-order valence-electron chi connectivity index (χ4n) is 2.97. The van der Waals surface area contributed by atoms with E-state index < -0.39 is 0 Å². The van der Waals surface area contributed by atoms with E-state index in [-0.39, 0.29) is 5.91 Å². The first-order valence-electron chi connectivity index (χ1n) is 8.94. The molecular weight excluding hydrogens is 370 g/mol. The number of hydrogen-bond donors (Lipinski definition) is 2. The molecular formula is C22H23N3O4. The van der Waals surface area contributed by atoms with Gasteiger partial charge < -0.3 is 24.8 Å². The average Bonchev–Trinajstić information content (AvgIpc) is 2.73. The SMILES string of the molecule is COc1cc(Nc2cncc(-c3cccc(NC(C)=O)c3)c2)cc(OC)c1OC. The predicted octanol–water partition coefficient (Wildman–Crippen LogP) is 4.48. The van der Waals surface area contributed by atoms with Crippen LogP contribution in [0.5, 0.6) is 17.2 Å². The summed E-state index contributed by atoms with van der Waals surface area (Å²) in [6.45, 7) is 1.48. The molecule has 29 heavy (non-hydrogen) atoms. The number of methoxy groups -OCH3 is 3. The lowest BCUT2D eigenvalue weighted by Crippen LogP contribution is -2.05. The number of carbonyl (C=O) groups excluding carboxylic acids is 1. The number of nitrogens with one attached hydrogen (secondary N) is 2. The fourth-order valence-corrected chi connectivity index (χ4v) is 2.97. The minimum atomic E-state index is -0.113. The van der Waals surface area contributed by atoms with Crippen molar-refractivity contribution in [3.8, 4) is 28.4 Å². The Morgan fingerprint density at radius 3 is 2.14 bits per heavy atom. The van der Waals surface area contributed by atoms with E-state index >= 15 is 0 Å². The molecule has 2 aromatic carbocycles. The molecule has 0 aliphatic heterocycles. The Morgan fingerprint density at radius 1 is 0.828 bits per heavy atom. The van der Waals surface area contributed by atoms with Crippen LogP contribution in [-0.2, 0) is 4.79 Å². The lowest BCUT2D eigenvalue weighted by molar-refractivity contribution is -0.114. The van der Waals surface area contributed by atoms with Crippen LogP contribution in [0.1, 0.15) is 6.92 Å². The molecule has 1 aromatic heterocycles. The number of nitrogens with zero attached hydrogens (tertiary/aromatic N) is 1. The molecule has 7 heteroatoms. The van der Waals surface area contributed by atoms with E-state index in [1.54, 1.807) is 33.7 Å². The number of anilines is 3. The highest BCUT2D eigenvalue weighted by atomic mass is 16.5. The number of hydrogen-bond acceptors (Lipinski definition) is 6. The van der Waals surface area contributed by atoms with Crippen molar-refractivity contribution >= 4 is 23.0 Å². The molecule has 0 unspecified atom stereocenters. The second kappa shape index (κ2) is 8.97. The van der Waals surface area contributed by atoms with Crippen LogP contribution in [0.3, 0.4) is 0 Å². The van der Waals surface area contributed by atoms with Crippen LogP contribution in [0.2, 0.25) is 0 Å². The zero-order valence-electron chi connectivity index (χ0n) is 16.8. The van der Waals surface area contributed by atoms with Gasteiger partial charge in [0, 0.05) is 42.2 Å². The Balaban J connectivity index is 1.90. The normalized spacial score (nSPS) is 10.2. The summed E-state index contributed by atoms with van der Waals surface area (Å²) in [5, 5.41) is 6.10. The summed E-state index contributed by atoms with van der Waals surface area (Å²) in [6, 6.07) is 13.2. The van der Waals surface area contributed by atoms with Crippen LogP contribution < -0.4 is 24.8 Å². The van der Waals surface area contributed by atoms with Crippen molar-refractivity contribution in [1.29, 1.82) is 0 Å². The van der Waals surface area contributed by atoms with Crippen molar-refractivity contribution in [1.82, 2.24) is 4.98 Å². The van der Waals surface area contributed by atoms with Crippen molar-refractivity contribution in [2.45, 2.75) is 6.92 Å². The van der Waals surface area contributed by atoms with Crippen LogP contribution in [0.4, 0.5) is 17.1 Å². The Hall–Kier alpha value is -3.74.